The van der Waals surface area contributed by atoms with Crippen LogP contribution >= 0.6 is 24.8 Å². The third kappa shape index (κ3) is 5.96. The molecule has 2 rings (SSSR count). The van der Waals surface area contributed by atoms with Crippen LogP contribution in [0.5, 0.6) is 0 Å². The maximum atomic E-state index is 12.1. The molecule has 1 saturated heterocycles. The van der Waals surface area contributed by atoms with Crippen LogP contribution < -0.4 is 11.1 Å². The van der Waals surface area contributed by atoms with Crippen molar-refractivity contribution in [2.75, 3.05) is 19.6 Å². The molecule has 0 bridgehead atoms. The Morgan fingerprint density at radius 3 is 2.42 bits per heavy atom. The van der Waals surface area contributed by atoms with Gasteiger partial charge in [-0.2, -0.15) is 0 Å². The van der Waals surface area contributed by atoms with Crippen LogP contribution in [0.1, 0.15) is 32.7 Å². The van der Waals surface area contributed by atoms with Crippen molar-refractivity contribution >= 4 is 36.6 Å². The minimum Gasteiger partial charge on any atom is -0.346 e. The van der Waals surface area contributed by atoms with E-state index in [2.05, 4.69) is 14.9 Å². The van der Waals surface area contributed by atoms with E-state index in [-0.39, 0.29) is 49.1 Å². The topological polar surface area (TPSA) is 93.2 Å². The average Bonchev–Trinajstić information content (AvgIpc) is 3.06. The fourth-order valence-corrected chi connectivity index (χ4v) is 2.59. The number of piperidine rings is 1. The van der Waals surface area contributed by atoms with Gasteiger partial charge in [0, 0.05) is 31.5 Å². The molecule has 7 nitrogen and oxygen atoms in total. The summed E-state index contributed by atoms with van der Waals surface area (Å²) in [6, 6.07) is -0.171. The third-order valence-electron chi connectivity index (χ3n) is 4.20. The highest BCUT2D eigenvalue weighted by Gasteiger charge is 2.24. The van der Waals surface area contributed by atoms with Crippen molar-refractivity contribution in [3.05, 3.63) is 18.7 Å². The summed E-state index contributed by atoms with van der Waals surface area (Å²) in [5.41, 5.74) is 5.75. The van der Waals surface area contributed by atoms with Gasteiger partial charge in [-0.15, -0.1) is 24.8 Å². The van der Waals surface area contributed by atoms with Crippen LogP contribution in [0.3, 0.4) is 0 Å². The fourth-order valence-electron chi connectivity index (χ4n) is 2.59. The van der Waals surface area contributed by atoms with Gasteiger partial charge < -0.3 is 20.5 Å². The van der Waals surface area contributed by atoms with Gasteiger partial charge in [0.05, 0.1) is 18.9 Å². The average molecular weight is 380 g/mol. The standard InChI is InChI=1S/C15H25N5O2.2ClH/c1-11(2)14(16)15(22)18-9-13(21)19-6-3-12(4-7-19)20-8-5-17-10-20;;/h5,8,10-12,14H,3-4,6-7,9,16H2,1-2H3,(H,18,22);2*1H/t14-;;/m0../s1. The molecule has 2 amide bonds. The van der Waals surface area contributed by atoms with Crippen LogP contribution in [-0.2, 0) is 9.59 Å². The van der Waals surface area contributed by atoms with Crippen LogP contribution in [0, 0.1) is 5.92 Å². The predicted octanol–water partition coefficient (Wildman–Crippen LogP) is 0.990. The van der Waals surface area contributed by atoms with Crippen molar-refractivity contribution < 1.29 is 9.59 Å². The van der Waals surface area contributed by atoms with Crippen LogP contribution in [0.15, 0.2) is 18.7 Å². The number of nitrogens with zero attached hydrogens (tertiary/aromatic N) is 3. The Kier molecular flexibility index (Phi) is 9.96. The van der Waals surface area contributed by atoms with Gasteiger partial charge in [0.2, 0.25) is 11.8 Å². The Labute approximate surface area is 155 Å². The van der Waals surface area contributed by atoms with Gasteiger partial charge in [-0.3, -0.25) is 9.59 Å². The molecular weight excluding hydrogens is 353 g/mol. The number of amides is 2. The Balaban J connectivity index is 0.00000264. The van der Waals surface area contributed by atoms with E-state index in [1.165, 1.54) is 0 Å². The Hall–Kier alpha value is -1.31. The number of nitrogens with one attached hydrogen (secondary N) is 1. The van der Waals surface area contributed by atoms with E-state index in [4.69, 9.17) is 5.73 Å². The number of rotatable bonds is 5. The van der Waals surface area contributed by atoms with Crippen LogP contribution in [0.2, 0.25) is 0 Å². The quantitative estimate of drug-likeness (QED) is 0.797. The minimum atomic E-state index is -0.570. The molecule has 2 heterocycles. The van der Waals surface area contributed by atoms with E-state index in [1.54, 1.807) is 11.1 Å². The van der Waals surface area contributed by atoms with Gasteiger partial charge in [-0.1, -0.05) is 13.8 Å². The molecule has 1 fully saturated rings. The summed E-state index contributed by atoms with van der Waals surface area (Å²) < 4.78 is 2.09. The predicted molar refractivity (Wildman–Crippen MR) is 97.4 cm³/mol. The summed E-state index contributed by atoms with van der Waals surface area (Å²) in [5.74, 6) is -0.258. The number of hydrogen-bond acceptors (Lipinski definition) is 4. The van der Waals surface area contributed by atoms with Crippen molar-refractivity contribution in [1.29, 1.82) is 0 Å². The molecule has 138 valence electrons. The van der Waals surface area contributed by atoms with Crippen molar-refractivity contribution in [2.24, 2.45) is 11.7 Å². The highest BCUT2D eigenvalue weighted by atomic mass is 35.5. The molecule has 1 aliphatic heterocycles. The first-order valence-electron chi connectivity index (χ1n) is 7.77. The number of carbonyl (C=O) groups is 2. The van der Waals surface area contributed by atoms with Crippen molar-refractivity contribution in [3.8, 4) is 0 Å². The molecule has 1 aromatic rings. The second-order valence-electron chi connectivity index (χ2n) is 6.11. The maximum Gasteiger partial charge on any atom is 0.241 e. The SMILES string of the molecule is CC(C)[C@H](N)C(=O)NCC(=O)N1CCC(n2ccnc2)CC1.Cl.Cl. The molecule has 9 heteroatoms. The molecular formula is C15H27Cl2N5O2. The number of nitrogens with two attached hydrogens (primary N) is 1. The summed E-state index contributed by atoms with van der Waals surface area (Å²) in [6.45, 7) is 5.19. The summed E-state index contributed by atoms with van der Waals surface area (Å²) in [4.78, 5) is 29.8. The summed E-state index contributed by atoms with van der Waals surface area (Å²) in [7, 11) is 0. The number of hydrogen-bond donors (Lipinski definition) is 2. The zero-order valence-corrected chi connectivity index (χ0v) is 15.7. The van der Waals surface area contributed by atoms with Crippen molar-refractivity contribution in [1.82, 2.24) is 19.8 Å². The lowest BCUT2D eigenvalue weighted by Gasteiger charge is -2.32. The van der Waals surface area contributed by atoms with Crippen molar-refractivity contribution in [2.45, 2.75) is 38.8 Å². The molecule has 0 spiro atoms. The lowest BCUT2D eigenvalue weighted by molar-refractivity contribution is -0.134. The van der Waals surface area contributed by atoms with Crippen LogP contribution in [0.25, 0.3) is 0 Å². The maximum absolute atomic E-state index is 12.1. The Morgan fingerprint density at radius 1 is 1.29 bits per heavy atom. The highest BCUT2D eigenvalue weighted by molar-refractivity contribution is 5.87. The van der Waals surface area contributed by atoms with Gasteiger partial charge in [-0.25, -0.2) is 4.98 Å². The number of halogens is 2. The molecule has 3 N–H and O–H groups in total. The lowest BCUT2D eigenvalue weighted by Crippen LogP contribution is -2.49. The van der Waals surface area contributed by atoms with E-state index in [0.717, 1.165) is 12.8 Å². The Bertz CT molecular complexity index is 502. The van der Waals surface area contributed by atoms with Crippen molar-refractivity contribution in [3.63, 3.8) is 0 Å². The first kappa shape index (κ1) is 22.7. The normalized spacial score (nSPS) is 16.1. The molecule has 1 aromatic heterocycles. The second kappa shape index (κ2) is 10.5. The monoisotopic (exact) mass is 379 g/mol. The number of likely N-dealkylation sites (tertiary alicyclic amines) is 1. The molecule has 1 aliphatic rings. The molecule has 0 aliphatic carbocycles. The molecule has 24 heavy (non-hydrogen) atoms. The van der Waals surface area contributed by atoms with E-state index in [0.29, 0.717) is 19.1 Å². The first-order valence-corrected chi connectivity index (χ1v) is 7.77. The minimum absolute atomic E-state index is 0. The summed E-state index contributed by atoms with van der Waals surface area (Å²) in [5, 5.41) is 2.63. The summed E-state index contributed by atoms with van der Waals surface area (Å²) in [6.07, 6.45) is 7.35. The third-order valence-corrected chi connectivity index (χ3v) is 4.20. The van der Waals surface area contributed by atoms with E-state index in [9.17, 15) is 9.59 Å². The number of imidazole rings is 1. The number of aromatic nitrogens is 2. The largest absolute Gasteiger partial charge is 0.346 e. The van der Waals surface area contributed by atoms with E-state index in [1.807, 2.05) is 26.4 Å². The zero-order valence-electron chi connectivity index (χ0n) is 14.1. The molecule has 0 saturated carbocycles. The first-order chi connectivity index (χ1) is 10.5. The molecule has 0 radical (unpaired) electrons. The van der Waals surface area contributed by atoms with Gasteiger partial charge in [0.15, 0.2) is 0 Å². The van der Waals surface area contributed by atoms with Gasteiger partial charge >= 0.3 is 0 Å². The molecule has 0 unspecified atom stereocenters. The molecule has 0 aromatic carbocycles. The summed E-state index contributed by atoms with van der Waals surface area (Å²) >= 11 is 0. The van der Waals surface area contributed by atoms with Crippen LogP contribution in [-0.4, -0.2) is 51.9 Å². The van der Waals surface area contributed by atoms with Gasteiger partial charge in [0.25, 0.3) is 0 Å². The number of carbonyl (C=O) groups excluding carboxylic acids is 2. The zero-order chi connectivity index (χ0) is 16.1. The highest BCUT2D eigenvalue weighted by Crippen LogP contribution is 2.21. The van der Waals surface area contributed by atoms with Crippen LogP contribution in [0.4, 0.5) is 0 Å². The van der Waals surface area contributed by atoms with Gasteiger partial charge in [0.1, 0.15) is 0 Å². The fraction of sp³-hybridized carbons (Fsp3) is 0.667. The Morgan fingerprint density at radius 2 is 1.92 bits per heavy atom. The van der Waals surface area contributed by atoms with E-state index >= 15 is 0 Å². The van der Waals surface area contributed by atoms with Gasteiger partial charge in [-0.05, 0) is 18.8 Å². The lowest BCUT2D eigenvalue weighted by atomic mass is 10.0. The molecule has 1 atom stereocenters. The second-order valence-corrected chi connectivity index (χ2v) is 6.11. The van der Waals surface area contributed by atoms with E-state index < -0.39 is 6.04 Å². The smallest absolute Gasteiger partial charge is 0.241 e.